The van der Waals surface area contributed by atoms with Gasteiger partial charge in [0.05, 0.1) is 0 Å². The molecule has 0 aliphatic carbocycles. The maximum Gasteiger partial charge on any atom is 0.185 e. The van der Waals surface area contributed by atoms with Gasteiger partial charge in [0.15, 0.2) is 5.13 Å². The number of aromatic nitrogens is 1. The molecule has 3 nitrogen and oxygen atoms in total. The molecule has 0 bridgehead atoms. The zero-order valence-electron chi connectivity index (χ0n) is 12.5. The van der Waals surface area contributed by atoms with Crippen LogP contribution in [0.15, 0.2) is 6.20 Å². The zero-order valence-corrected chi connectivity index (χ0v) is 13.3. The van der Waals surface area contributed by atoms with Gasteiger partial charge in [-0.15, -0.1) is 11.3 Å². The number of nitrogens with one attached hydrogen (secondary N) is 1. The highest BCUT2D eigenvalue weighted by molar-refractivity contribution is 7.15. The van der Waals surface area contributed by atoms with E-state index in [2.05, 4.69) is 36.0 Å². The van der Waals surface area contributed by atoms with Crippen molar-refractivity contribution in [2.45, 2.75) is 52.5 Å². The molecule has 1 N–H and O–H groups in total. The van der Waals surface area contributed by atoms with Gasteiger partial charge in [0.1, 0.15) is 0 Å². The summed E-state index contributed by atoms with van der Waals surface area (Å²) in [5.41, 5.74) is 0. The number of thiazole rings is 1. The predicted octanol–water partition coefficient (Wildman–Crippen LogP) is 3.83. The van der Waals surface area contributed by atoms with Gasteiger partial charge in [-0.05, 0) is 32.2 Å². The molecule has 0 aromatic carbocycles. The van der Waals surface area contributed by atoms with Crippen LogP contribution in [0.1, 0.15) is 57.4 Å². The number of hydrogen-bond acceptors (Lipinski definition) is 4. The van der Waals surface area contributed by atoms with Crippen molar-refractivity contribution in [3.8, 4) is 0 Å². The molecule has 0 amide bonds. The van der Waals surface area contributed by atoms with Gasteiger partial charge in [-0.2, -0.15) is 0 Å². The second-order valence-electron chi connectivity index (χ2n) is 5.54. The smallest absolute Gasteiger partial charge is 0.185 e. The first-order valence-electron chi connectivity index (χ1n) is 7.68. The maximum absolute atomic E-state index is 4.62. The minimum atomic E-state index is 0.425. The van der Waals surface area contributed by atoms with Gasteiger partial charge >= 0.3 is 0 Å². The van der Waals surface area contributed by atoms with Gasteiger partial charge in [0.2, 0.25) is 0 Å². The molecule has 1 aliphatic heterocycles. The molecule has 1 saturated heterocycles. The molecular weight excluding hydrogens is 254 g/mol. The summed E-state index contributed by atoms with van der Waals surface area (Å²) in [6, 6.07) is 0.425. The third kappa shape index (κ3) is 3.93. The number of hydrogen-bond donors (Lipinski definition) is 1. The quantitative estimate of drug-likeness (QED) is 0.859. The Morgan fingerprint density at radius 3 is 2.79 bits per heavy atom. The van der Waals surface area contributed by atoms with E-state index in [1.807, 2.05) is 17.5 Å². The van der Waals surface area contributed by atoms with Crippen molar-refractivity contribution < 1.29 is 0 Å². The molecule has 0 spiro atoms. The molecule has 1 unspecified atom stereocenters. The van der Waals surface area contributed by atoms with Crippen LogP contribution < -0.4 is 10.2 Å². The van der Waals surface area contributed by atoms with E-state index < -0.39 is 0 Å². The predicted molar refractivity (Wildman–Crippen MR) is 84.1 cm³/mol. The van der Waals surface area contributed by atoms with Crippen LogP contribution in [0.4, 0.5) is 5.13 Å². The van der Waals surface area contributed by atoms with E-state index in [0.717, 1.165) is 12.5 Å². The normalized spacial score (nSPS) is 18.8. The van der Waals surface area contributed by atoms with Crippen molar-refractivity contribution in [3.63, 3.8) is 0 Å². The van der Waals surface area contributed by atoms with Crippen LogP contribution in [0.2, 0.25) is 0 Å². The van der Waals surface area contributed by atoms with Crippen molar-refractivity contribution in [1.29, 1.82) is 0 Å². The van der Waals surface area contributed by atoms with Crippen LogP contribution in [-0.4, -0.2) is 24.6 Å². The molecule has 2 rings (SSSR count). The largest absolute Gasteiger partial charge is 0.348 e. The highest BCUT2D eigenvalue weighted by Gasteiger charge is 2.21. The van der Waals surface area contributed by atoms with Crippen LogP contribution >= 0.6 is 11.3 Å². The zero-order chi connectivity index (χ0) is 13.7. The van der Waals surface area contributed by atoms with Gasteiger partial charge in [0.25, 0.3) is 0 Å². The lowest BCUT2D eigenvalue weighted by Gasteiger charge is -2.31. The summed E-state index contributed by atoms with van der Waals surface area (Å²) >= 11 is 1.85. The third-order valence-electron chi connectivity index (χ3n) is 4.03. The van der Waals surface area contributed by atoms with Crippen molar-refractivity contribution >= 4 is 16.5 Å². The van der Waals surface area contributed by atoms with Crippen LogP contribution in [0.3, 0.4) is 0 Å². The number of anilines is 1. The number of piperidine rings is 1. The summed E-state index contributed by atoms with van der Waals surface area (Å²) in [6.07, 6.45) is 7.45. The van der Waals surface area contributed by atoms with E-state index in [9.17, 15) is 0 Å². The second-order valence-corrected chi connectivity index (χ2v) is 6.58. The fourth-order valence-electron chi connectivity index (χ4n) is 2.85. The lowest BCUT2D eigenvalue weighted by Crippen LogP contribution is -2.33. The summed E-state index contributed by atoms with van der Waals surface area (Å²) in [7, 11) is 0. The standard InChI is InChI=1S/C15H27N3S/c1-4-6-13-7-9-18(10-8-13)15-17-11-14(19-15)12(3)16-5-2/h11-13,16H,4-10H2,1-3H3. The van der Waals surface area contributed by atoms with Gasteiger partial charge < -0.3 is 10.2 Å². The maximum atomic E-state index is 4.62. The summed E-state index contributed by atoms with van der Waals surface area (Å²) in [5, 5.41) is 4.67. The van der Waals surface area contributed by atoms with E-state index in [1.165, 1.54) is 48.8 Å². The van der Waals surface area contributed by atoms with Crippen molar-refractivity contribution in [2.24, 2.45) is 5.92 Å². The molecule has 108 valence electrons. The topological polar surface area (TPSA) is 28.2 Å². The summed E-state index contributed by atoms with van der Waals surface area (Å²) in [4.78, 5) is 8.44. The van der Waals surface area contributed by atoms with Crippen LogP contribution in [0.25, 0.3) is 0 Å². The van der Waals surface area contributed by atoms with Crippen molar-refractivity contribution in [2.75, 3.05) is 24.5 Å². The molecule has 0 radical (unpaired) electrons. The minimum Gasteiger partial charge on any atom is -0.348 e. The van der Waals surface area contributed by atoms with E-state index >= 15 is 0 Å². The van der Waals surface area contributed by atoms with Gasteiger partial charge in [-0.3, -0.25) is 0 Å². The van der Waals surface area contributed by atoms with E-state index in [-0.39, 0.29) is 0 Å². The molecule has 1 fully saturated rings. The minimum absolute atomic E-state index is 0.425. The number of rotatable bonds is 6. The fourth-order valence-corrected chi connectivity index (χ4v) is 3.84. The third-order valence-corrected chi connectivity index (χ3v) is 5.27. The van der Waals surface area contributed by atoms with Crippen molar-refractivity contribution in [3.05, 3.63) is 11.1 Å². The number of nitrogens with zero attached hydrogens (tertiary/aromatic N) is 2. The Kier molecular flexibility index (Phi) is 5.64. The van der Waals surface area contributed by atoms with Crippen LogP contribution in [-0.2, 0) is 0 Å². The average Bonchev–Trinajstić information content (AvgIpc) is 2.90. The van der Waals surface area contributed by atoms with Crippen LogP contribution in [0.5, 0.6) is 0 Å². The monoisotopic (exact) mass is 281 g/mol. The molecular formula is C15H27N3S. The van der Waals surface area contributed by atoms with E-state index in [1.54, 1.807) is 0 Å². The molecule has 4 heteroatoms. The van der Waals surface area contributed by atoms with Gasteiger partial charge in [-0.1, -0.05) is 26.7 Å². The summed E-state index contributed by atoms with van der Waals surface area (Å²) in [6.45, 7) is 10.0. The first-order chi connectivity index (χ1) is 9.24. The molecule has 19 heavy (non-hydrogen) atoms. The molecule has 1 atom stereocenters. The lowest BCUT2D eigenvalue weighted by molar-refractivity contribution is 0.378. The Bertz CT molecular complexity index is 369. The van der Waals surface area contributed by atoms with Crippen molar-refractivity contribution in [1.82, 2.24) is 10.3 Å². The summed E-state index contributed by atoms with van der Waals surface area (Å²) in [5.74, 6) is 0.946. The Hall–Kier alpha value is -0.610. The lowest BCUT2D eigenvalue weighted by atomic mass is 9.93. The molecule has 2 heterocycles. The first-order valence-corrected chi connectivity index (χ1v) is 8.50. The Morgan fingerprint density at radius 2 is 2.16 bits per heavy atom. The SMILES string of the molecule is CCCC1CCN(c2ncc(C(C)NCC)s2)CC1. The molecule has 1 aromatic heterocycles. The highest BCUT2D eigenvalue weighted by atomic mass is 32.1. The molecule has 0 saturated carbocycles. The first kappa shape index (κ1) is 14.8. The Morgan fingerprint density at radius 1 is 1.42 bits per heavy atom. The second kappa shape index (κ2) is 7.25. The Balaban J connectivity index is 1.89. The molecule has 1 aliphatic rings. The highest BCUT2D eigenvalue weighted by Crippen LogP contribution is 2.31. The molecule has 1 aromatic rings. The van der Waals surface area contributed by atoms with E-state index in [4.69, 9.17) is 0 Å². The van der Waals surface area contributed by atoms with Crippen LogP contribution in [0, 0.1) is 5.92 Å². The Labute approximate surface area is 121 Å². The summed E-state index contributed by atoms with van der Waals surface area (Å²) < 4.78 is 0. The van der Waals surface area contributed by atoms with Gasteiger partial charge in [0, 0.05) is 30.2 Å². The van der Waals surface area contributed by atoms with Gasteiger partial charge in [-0.25, -0.2) is 4.98 Å². The average molecular weight is 281 g/mol. The fraction of sp³-hybridized carbons (Fsp3) is 0.800. The van der Waals surface area contributed by atoms with E-state index in [0.29, 0.717) is 6.04 Å².